The van der Waals surface area contributed by atoms with Crippen molar-refractivity contribution in [2.75, 3.05) is 6.61 Å². The summed E-state index contributed by atoms with van der Waals surface area (Å²) in [4.78, 5) is 36.3. The molecule has 3 atom stereocenters. The average Bonchev–Trinajstić information content (AvgIpc) is 2.99. The molecule has 1 aliphatic heterocycles. The number of hydrogen-bond donors (Lipinski definition) is 2. The predicted molar refractivity (Wildman–Crippen MR) is 101 cm³/mol. The van der Waals surface area contributed by atoms with Crippen LogP contribution in [0.5, 0.6) is 0 Å². The van der Waals surface area contributed by atoms with E-state index in [2.05, 4.69) is 10.6 Å². The van der Waals surface area contributed by atoms with E-state index in [9.17, 15) is 14.4 Å². The molecular weight excluding hydrogens is 364 g/mol. The lowest BCUT2D eigenvalue weighted by atomic mass is 10.0. The molecule has 0 radical (unpaired) electrons. The van der Waals surface area contributed by atoms with Gasteiger partial charge in [0.1, 0.15) is 11.6 Å². The van der Waals surface area contributed by atoms with Crippen LogP contribution in [0.25, 0.3) is 0 Å². The summed E-state index contributed by atoms with van der Waals surface area (Å²) in [6.07, 6.45) is -0.713. The van der Waals surface area contributed by atoms with Gasteiger partial charge in [-0.3, -0.25) is 9.59 Å². The fraction of sp³-hybridized carbons (Fsp3) is 0.550. The molecule has 2 amide bonds. The molecule has 0 spiro atoms. The number of benzene rings is 1. The maximum Gasteiger partial charge on any atom is 0.408 e. The number of hydrogen-bond acceptors (Lipinski definition) is 6. The van der Waals surface area contributed by atoms with Gasteiger partial charge in [-0.1, -0.05) is 30.3 Å². The van der Waals surface area contributed by atoms with Gasteiger partial charge in [0.15, 0.2) is 0 Å². The molecule has 154 valence electrons. The predicted octanol–water partition coefficient (Wildman–Crippen LogP) is 1.92. The second-order valence-corrected chi connectivity index (χ2v) is 7.64. The van der Waals surface area contributed by atoms with E-state index in [0.717, 1.165) is 5.56 Å². The zero-order chi connectivity index (χ0) is 20.7. The summed E-state index contributed by atoms with van der Waals surface area (Å²) in [6.45, 7) is 6.89. The van der Waals surface area contributed by atoms with Crippen LogP contribution in [0.4, 0.5) is 4.79 Å². The van der Waals surface area contributed by atoms with Gasteiger partial charge < -0.3 is 24.8 Å². The molecule has 2 unspecified atom stereocenters. The molecule has 1 saturated heterocycles. The summed E-state index contributed by atoms with van der Waals surface area (Å²) in [7, 11) is 0. The van der Waals surface area contributed by atoms with Crippen molar-refractivity contribution in [2.24, 2.45) is 0 Å². The van der Waals surface area contributed by atoms with E-state index in [0.29, 0.717) is 13.0 Å². The highest BCUT2D eigenvalue weighted by Gasteiger charge is 2.34. The third kappa shape index (κ3) is 7.19. The Balaban J connectivity index is 2.07. The minimum Gasteiger partial charge on any atom is -0.444 e. The van der Waals surface area contributed by atoms with Crippen molar-refractivity contribution < 1.29 is 28.6 Å². The Morgan fingerprint density at radius 2 is 1.89 bits per heavy atom. The van der Waals surface area contributed by atoms with Crippen LogP contribution >= 0.6 is 0 Å². The zero-order valence-electron chi connectivity index (χ0n) is 16.7. The topological polar surface area (TPSA) is 103 Å². The molecule has 0 aliphatic carbocycles. The fourth-order valence-corrected chi connectivity index (χ4v) is 2.78. The van der Waals surface area contributed by atoms with Crippen molar-refractivity contribution in [3.05, 3.63) is 35.9 Å². The number of carbonyl (C=O) groups is 3. The van der Waals surface area contributed by atoms with Gasteiger partial charge in [-0.05, 0) is 32.8 Å². The lowest BCUT2D eigenvalue weighted by Gasteiger charge is -2.25. The Bertz CT molecular complexity index is 686. The van der Waals surface area contributed by atoms with Gasteiger partial charge in [0.2, 0.25) is 12.2 Å². The van der Waals surface area contributed by atoms with Gasteiger partial charge in [-0.15, -0.1) is 0 Å². The standard InChI is InChI=1S/C20H28N2O6/c1-13(23)27-18-15(10-11-26-18)21-17(24)16(12-14-8-6-5-7-9-14)22-19(25)28-20(2,3)4/h5-9,15-16,18H,10-12H2,1-4H3,(H,21,24)(H,22,25)/t15-,16?,18?/m0/s1. The van der Waals surface area contributed by atoms with Crippen molar-refractivity contribution in [1.29, 1.82) is 0 Å². The summed E-state index contributed by atoms with van der Waals surface area (Å²) in [5.74, 6) is -0.888. The van der Waals surface area contributed by atoms with Crippen LogP contribution in [0.15, 0.2) is 30.3 Å². The molecule has 1 aromatic rings. The molecule has 2 rings (SSSR count). The van der Waals surface area contributed by atoms with Gasteiger partial charge in [0, 0.05) is 13.3 Å². The molecule has 28 heavy (non-hydrogen) atoms. The first-order valence-electron chi connectivity index (χ1n) is 9.26. The first-order valence-corrected chi connectivity index (χ1v) is 9.26. The van der Waals surface area contributed by atoms with Gasteiger partial charge in [-0.2, -0.15) is 0 Å². The molecule has 1 aromatic carbocycles. The molecule has 0 aromatic heterocycles. The first-order chi connectivity index (χ1) is 13.1. The fourth-order valence-electron chi connectivity index (χ4n) is 2.78. The normalized spacial score (nSPS) is 20.1. The number of nitrogens with one attached hydrogen (secondary N) is 2. The third-order valence-corrected chi connectivity index (χ3v) is 3.94. The van der Waals surface area contributed by atoms with Crippen molar-refractivity contribution in [1.82, 2.24) is 10.6 Å². The summed E-state index contributed by atoms with van der Waals surface area (Å²) >= 11 is 0. The number of ether oxygens (including phenoxy) is 3. The first kappa shape index (κ1) is 21.7. The molecule has 0 saturated carbocycles. The van der Waals surface area contributed by atoms with Crippen molar-refractivity contribution in [2.45, 2.75) is 64.5 Å². The Labute approximate surface area is 164 Å². The minimum absolute atomic E-state index is 0.289. The van der Waals surface area contributed by atoms with E-state index in [1.807, 2.05) is 30.3 Å². The highest BCUT2D eigenvalue weighted by Crippen LogP contribution is 2.16. The van der Waals surface area contributed by atoms with E-state index in [4.69, 9.17) is 14.2 Å². The van der Waals surface area contributed by atoms with E-state index in [1.54, 1.807) is 20.8 Å². The highest BCUT2D eigenvalue weighted by atomic mass is 16.7. The smallest absolute Gasteiger partial charge is 0.408 e. The summed E-state index contributed by atoms with van der Waals surface area (Å²) < 4.78 is 15.7. The van der Waals surface area contributed by atoms with Crippen LogP contribution in [0, 0.1) is 0 Å². The SMILES string of the molecule is CC(=O)OC1OCC[C@@H]1NC(=O)C(Cc1ccccc1)NC(=O)OC(C)(C)C. The van der Waals surface area contributed by atoms with Crippen molar-refractivity contribution >= 4 is 18.0 Å². The monoisotopic (exact) mass is 392 g/mol. The second kappa shape index (κ2) is 9.54. The quantitative estimate of drug-likeness (QED) is 0.717. The van der Waals surface area contributed by atoms with Crippen molar-refractivity contribution in [3.8, 4) is 0 Å². The average molecular weight is 392 g/mol. The lowest BCUT2D eigenvalue weighted by Crippen LogP contribution is -2.53. The van der Waals surface area contributed by atoms with Crippen LogP contribution in [0.2, 0.25) is 0 Å². The Morgan fingerprint density at radius 3 is 2.50 bits per heavy atom. The number of esters is 1. The molecule has 1 fully saturated rings. The molecule has 8 heteroatoms. The van der Waals surface area contributed by atoms with E-state index >= 15 is 0 Å². The molecule has 1 heterocycles. The maximum absolute atomic E-state index is 12.9. The number of amides is 2. The molecule has 2 N–H and O–H groups in total. The van der Waals surface area contributed by atoms with Crippen molar-refractivity contribution in [3.63, 3.8) is 0 Å². The molecule has 8 nitrogen and oxygen atoms in total. The summed E-state index contributed by atoms with van der Waals surface area (Å²) in [5, 5.41) is 5.44. The van der Waals surface area contributed by atoms with Crippen LogP contribution in [-0.2, 0) is 30.2 Å². The number of carbonyl (C=O) groups excluding carboxylic acids is 3. The highest BCUT2D eigenvalue weighted by molar-refractivity contribution is 5.86. The van der Waals surface area contributed by atoms with Gasteiger partial charge >= 0.3 is 12.1 Å². The van der Waals surface area contributed by atoms with Crippen LogP contribution in [0.1, 0.15) is 39.7 Å². The largest absolute Gasteiger partial charge is 0.444 e. The van der Waals surface area contributed by atoms with Gasteiger partial charge in [-0.25, -0.2) is 4.79 Å². The minimum atomic E-state index is -0.851. The van der Waals surface area contributed by atoms with E-state index < -0.39 is 41.9 Å². The maximum atomic E-state index is 12.9. The Morgan fingerprint density at radius 1 is 1.21 bits per heavy atom. The zero-order valence-corrected chi connectivity index (χ0v) is 16.7. The van der Waals surface area contributed by atoms with E-state index in [1.165, 1.54) is 6.92 Å². The summed E-state index contributed by atoms with van der Waals surface area (Å²) in [5.41, 5.74) is 0.204. The Kier molecular flexibility index (Phi) is 7.39. The van der Waals surface area contributed by atoms with Gasteiger partial charge in [0.05, 0.1) is 12.6 Å². The third-order valence-electron chi connectivity index (χ3n) is 3.94. The number of rotatable bonds is 6. The Hall–Kier alpha value is -2.61. The molecule has 1 aliphatic rings. The van der Waals surface area contributed by atoms with Gasteiger partial charge in [0.25, 0.3) is 0 Å². The van der Waals surface area contributed by atoms with Crippen LogP contribution in [-0.4, -0.2) is 48.6 Å². The van der Waals surface area contributed by atoms with Crippen LogP contribution in [0.3, 0.4) is 0 Å². The summed E-state index contributed by atoms with van der Waals surface area (Å²) in [6, 6.07) is 8.01. The molecule has 0 bridgehead atoms. The lowest BCUT2D eigenvalue weighted by molar-refractivity contribution is -0.170. The van der Waals surface area contributed by atoms with Crippen LogP contribution < -0.4 is 10.6 Å². The molecular formula is C20H28N2O6. The van der Waals surface area contributed by atoms with E-state index in [-0.39, 0.29) is 6.42 Å². The number of alkyl carbamates (subject to hydrolysis) is 1. The second-order valence-electron chi connectivity index (χ2n) is 7.64.